The van der Waals surface area contributed by atoms with Crippen LogP contribution in [0.15, 0.2) is 12.2 Å². The summed E-state index contributed by atoms with van der Waals surface area (Å²) in [5.41, 5.74) is 0. The highest BCUT2D eigenvalue weighted by Gasteiger charge is 2.29. The molecule has 1 saturated heterocycles. The van der Waals surface area contributed by atoms with E-state index in [9.17, 15) is 8.42 Å². The van der Waals surface area contributed by atoms with Crippen molar-refractivity contribution in [2.45, 2.75) is 37.0 Å². The molecule has 0 saturated carbocycles. The van der Waals surface area contributed by atoms with Gasteiger partial charge in [-0.05, 0) is 38.8 Å². The molecule has 0 aromatic carbocycles. The van der Waals surface area contributed by atoms with Gasteiger partial charge in [-0.1, -0.05) is 12.2 Å². The van der Waals surface area contributed by atoms with Gasteiger partial charge in [0.05, 0.1) is 5.25 Å². The molecule has 86 valence electrons. The zero-order chi connectivity index (χ0) is 10.7. The summed E-state index contributed by atoms with van der Waals surface area (Å²) in [5, 5.41) is 2.98. The zero-order valence-corrected chi connectivity index (χ0v) is 9.59. The van der Waals surface area contributed by atoms with E-state index in [2.05, 4.69) is 10.0 Å². The van der Waals surface area contributed by atoms with Crippen LogP contribution in [0.2, 0.25) is 0 Å². The van der Waals surface area contributed by atoms with E-state index in [-0.39, 0.29) is 11.3 Å². The summed E-state index contributed by atoms with van der Waals surface area (Å²) < 4.78 is 26.8. The second-order valence-electron chi connectivity index (χ2n) is 4.25. The van der Waals surface area contributed by atoms with Crippen molar-refractivity contribution in [1.82, 2.24) is 10.0 Å². The van der Waals surface area contributed by atoms with Crippen molar-refractivity contribution < 1.29 is 8.42 Å². The molecule has 0 bridgehead atoms. The Kier molecular flexibility index (Phi) is 3.43. The summed E-state index contributed by atoms with van der Waals surface area (Å²) in [6.07, 6.45) is 7.21. The first-order valence-electron chi connectivity index (χ1n) is 5.55. The predicted molar refractivity (Wildman–Crippen MR) is 60.1 cm³/mol. The minimum Gasteiger partial charge on any atom is -0.317 e. The third-order valence-corrected chi connectivity index (χ3v) is 5.07. The predicted octanol–water partition coefficient (Wildman–Crippen LogP) is 0.376. The molecule has 2 aliphatic rings. The van der Waals surface area contributed by atoms with Crippen LogP contribution >= 0.6 is 0 Å². The average Bonchev–Trinajstić information content (AvgIpc) is 2.71. The van der Waals surface area contributed by atoms with Gasteiger partial charge in [-0.2, -0.15) is 0 Å². The van der Waals surface area contributed by atoms with E-state index in [1.165, 1.54) is 0 Å². The van der Waals surface area contributed by atoms with Crippen LogP contribution in [0.25, 0.3) is 0 Å². The Morgan fingerprint density at radius 1 is 1.13 bits per heavy atom. The summed E-state index contributed by atoms with van der Waals surface area (Å²) >= 11 is 0. The third kappa shape index (κ3) is 2.80. The lowest BCUT2D eigenvalue weighted by Gasteiger charge is -2.24. The summed E-state index contributed by atoms with van der Waals surface area (Å²) in [4.78, 5) is 0. The van der Waals surface area contributed by atoms with Crippen LogP contribution in [0, 0.1) is 0 Å². The monoisotopic (exact) mass is 230 g/mol. The Labute approximate surface area is 91.2 Å². The first-order valence-corrected chi connectivity index (χ1v) is 7.10. The summed E-state index contributed by atoms with van der Waals surface area (Å²) in [7, 11) is -3.10. The fraction of sp³-hybridized carbons (Fsp3) is 0.800. The lowest BCUT2D eigenvalue weighted by atomic mass is 10.2. The highest BCUT2D eigenvalue weighted by molar-refractivity contribution is 7.90. The van der Waals surface area contributed by atoms with E-state index < -0.39 is 10.0 Å². The van der Waals surface area contributed by atoms with E-state index >= 15 is 0 Å². The van der Waals surface area contributed by atoms with E-state index in [0.717, 1.165) is 38.8 Å². The van der Waals surface area contributed by atoms with Crippen molar-refractivity contribution in [2.75, 3.05) is 13.1 Å². The number of hydrogen-bond donors (Lipinski definition) is 2. The van der Waals surface area contributed by atoms with Gasteiger partial charge < -0.3 is 5.32 Å². The van der Waals surface area contributed by atoms with Gasteiger partial charge in [-0.15, -0.1) is 0 Å². The normalized spacial score (nSPS) is 24.8. The molecule has 1 fully saturated rings. The maximum atomic E-state index is 12.0. The molecule has 1 aliphatic heterocycles. The highest BCUT2D eigenvalue weighted by Crippen LogP contribution is 2.16. The highest BCUT2D eigenvalue weighted by atomic mass is 32.2. The molecule has 0 atom stereocenters. The number of hydrogen-bond acceptors (Lipinski definition) is 3. The zero-order valence-electron chi connectivity index (χ0n) is 8.78. The molecule has 1 heterocycles. The van der Waals surface area contributed by atoms with Crippen molar-refractivity contribution in [3.05, 3.63) is 12.2 Å². The van der Waals surface area contributed by atoms with Gasteiger partial charge in [0.15, 0.2) is 0 Å². The SMILES string of the molecule is O=S(=O)(NC1CC=CC1)C1CCNCC1. The van der Waals surface area contributed by atoms with E-state index in [0.29, 0.717) is 0 Å². The molecule has 5 heteroatoms. The lowest BCUT2D eigenvalue weighted by Crippen LogP contribution is -2.44. The van der Waals surface area contributed by atoms with Crippen LogP contribution in [0.3, 0.4) is 0 Å². The molecule has 15 heavy (non-hydrogen) atoms. The second kappa shape index (κ2) is 4.63. The molecule has 0 radical (unpaired) electrons. The molecule has 4 nitrogen and oxygen atoms in total. The Balaban J connectivity index is 1.93. The lowest BCUT2D eigenvalue weighted by molar-refractivity contribution is 0.482. The first kappa shape index (κ1) is 11.1. The Morgan fingerprint density at radius 2 is 1.73 bits per heavy atom. The van der Waals surface area contributed by atoms with Crippen molar-refractivity contribution >= 4 is 10.0 Å². The first-order chi connectivity index (χ1) is 7.18. The molecule has 0 unspecified atom stereocenters. The standard InChI is InChI=1S/C10H18N2O2S/c13-15(14,10-5-7-11-8-6-10)12-9-3-1-2-4-9/h1-2,9-12H,3-8H2. The fourth-order valence-electron chi connectivity index (χ4n) is 2.15. The summed E-state index contributed by atoms with van der Waals surface area (Å²) in [5.74, 6) is 0. The number of nitrogens with one attached hydrogen (secondary N) is 2. The molecular formula is C10H18N2O2S. The molecule has 2 N–H and O–H groups in total. The van der Waals surface area contributed by atoms with Gasteiger partial charge in [-0.25, -0.2) is 13.1 Å². The van der Waals surface area contributed by atoms with Crippen LogP contribution < -0.4 is 10.0 Å². The smallest absolute Gasteiger partial charge is 0.214 e. The largest absolute Gasteiger partial charge is 0.317 e. The molecule has 0 aromatic heterocycles. The minimum atomic E-state index is -3.10. The number of sulfonamides is 1. The van der Waals surface area contributed by atoms with Crippen molar-refractivity contribution in [1.29, 1.82) is 0 Å². The molecule has 0 aromatic rings. The van der Waals surface area contributed by atoms with E-state index in [1.54, 1.807) is 0 Å². The Bertz CT molecular complexity index is 323. The average molecular weight is 230 g/mol. The third-order valence-electron chi connectivity index (χ3n) is 3.06. The van der Waals surface area contributed by atoms with E-state index in [1.807, 2.05) is 12.2 Å². The summed E-state index contributed by atoms with van der Waals surface area (Å²) in [6.45, 7) is 1.63. The van der Waals surface area contributed by atoms with Crippen molar-refractivity contribution in [3.63, 3.8) is 0 Å². The van der Waals surface area contributed by atoms with Crippen molar-refractivity contribution in [2.24, 2.45) is 0 Å². The molecule has 0 amide bonds. The van der Waals surface area contributed by atoms with Crippen molar-refractivity contribution in [3.8, 4) is 0 Å². The quantitative estimate of drug-likeness (QED) is 0.689. The minimum absolute atomic E-state index is 0.102. The Morgan fingerprint density at radius 3 is 2.33 bits per heavy atom. The molecule has 2 rings (SSSR count). The molecule has 0 spiro atoms. The van der Waals surface area contributed by atoms with Crippen LogP contribution in [-0.4, -0.2) is 32.8 Å². The van der Waals surface area contributed by atoms with Gasteiger partial charge in [0.25, 0.3) is 0 Å². The van der Waals surface area contributed by atoms with E-state index in [4.69, 9.17) is 0 Å². The van der Waals surface area contributed by atoms with Gasteiger partial charge in [0.1, 0.15) is 0 Å². The van der Waals surface area contributed by atoms with Crippen LogP contribution in [0.4, 0.5) is 0 Å². The molecular weight excluding hydrogens is 212 g/mol. The fourth-order valence-corrected chi connectivity index (χ4v) is 3.85. The maximum absolute atomic E-state index is 12.0. The van der Waals surface area contributed by atoms with Crippen LogP contribution in [-0.2, 0) is 10.0 Å². The number of piperidine rings is 1. The van der Waals surface area contributed by atoms with Crippen LogP contribution in [0.1, 0.15) is 25.7 Å². The Hall–Kier alpha value is -0.390. The second-order valence-corrected chi connectivity index (χ2v) is 6.24. The van der Waals surface area contributed by atoms with Gasteiger partial charge in [0, 0.05) is 6.04 Å². The topological polar surface area (TPSA) is 58.2 Å². The number of rotatable bonds is 3. The van der Waals surface area contributed by atoms with Gasteiger partial charge >= 0.3 is 0 Å². The van der Waals surface area contributed by atoms with Gasteiger partial charge in [-0.3, -0.25) is 0 Å². The van der Waals surface area contributed by atoms with Crippen LogP contribution in [0.5, 0.6) is 0 Å². The summed E-state index contributed by atoms with van der Waals surface area (Å²) in [6, 6.07) is 0.102. The maximum Gasteiger partial charge on any atom is 0.214 e. The van der Waals surface area contributed by atoms with Gasteiger partial charge in [0.2, 0.25) is 10.0 Å². The molecule has 1 aliphatic carbocycles.